The highest BCUT2D eigenvalue weighted by Gasteiger charge is 2.06. The van der Waals surface area contributed by atoms with Crippen molar-refractivity contribution in [3.63, 3.8) is 0 Å². The predicted molar refractivity (Wildman–Crippen MR) is 88.7 cm³/mol. The van der Waals surface area contributed by atoms with Crippen LogP contribution in [0.2, 0.25) is 0 Å². The molecule has 0 heteroatoms. The van der Waals surface area contributed by atoms with Crippen LogP contribution >= 0.6 is 0 Å². The van der Waals surface area contributed by atoms with Gasteiger partial charge in [0.2, 0.25) is 0 Å². The lowest BCUT2D eigenvalue weighted by Crippen LogP contribution is -1.87. The normalized spacial score (nSPS) is 11.1. The molecule has 1 radical (unpaired) electrons. The second-order valence-corrected chi connectivity index (χ2v) is 5.35. The predicted octanol–water partition coefficient (Wildman–Crippen LogP) is 6.00. The smallest absolute Gasteiger partial charge is 0.0102 e. The van der Waals surface area contributed by atoms with Gasteiger partial charge < -0.3 is 0 Å². The van der Waals surface area contributed by atoms with E-state index in [9.17, 15) is 0 Å². The van der Waals surface area contributed by atoms with E-state index in [1.165, 1.54) is 33.5 Å². The van der Waals surface area contributed by atoms with Crippen LogP contribution in [0.15, 0.2) is 54.6 Å². The molecule has 0 unspecified atom stereocenters. The van der Waals surface area contributed by atoms with Gasteiger partial charge in [0.25, 0.3) is 0 Å². The molecule has 0 amide bonds. The zero-order valence-corrected chi connectivity index (χ0v) is 11.9. The highest BCUT2D eigenvalue weighted by atomic mass is 14.1. The Balaban J connectivity index is 2.17. The first kappa shape index (κ1) is 12.9. The Morgan fingerprint density at radius 3 is 2.35 bits per heavy atom. The molecule has 0 aromatic heterocycles. The number of fused-ring (bicyclic) bond motifs is 2. The first-order valence-corrected chi connectivity index (χ1v) is 7.33. The fraction of sp³-hybridized carbons (Fsp3) is 0.200. The van der Waals surface area contributed by atoms with Crippen LogP contribution in [0.3, 0.4) is 0 Å². The van der Waals surface area contributed by atoms with Crippen LogP contribution in [0.1, 0.15) is 31.7 Å². The van der Waals surface area contributed by atoms with Gasteiger partial charge in [-0.15, -0.1) is 0 Å². The summed E-state index contributed by atoms with van der Waals surface area (Å²) in [6.45, 7) is 8.51. The topological polar surface area (TPSA) is 0 Å². The van der Waals surface area contributed by atoms with Crippen molar-refractivity contribution >= 4 is 27.1 Å². The van der Waals surface area contributed by atoms with E-state index in [0.717, 1.165) is 18.4 Å². The molecule has 0 N–H and O–H groups in total. The lowest BCUT2D eigenvalue weighted by atomic mass is 9.94. The van der Waals surface area contributed by atoms with Crippen LogP contribution < -0.4 is 0 Å². The Morgan fingerprint density at radius 1 is 0.900 bits per heavy atom. The van der Waals surface area contributed by atoms with E-state index in [2.05, 4.69) is 61.5 Å². The molecule has 3 aromatic rings. The van der Waals surface area contributed by atoms with Gasteiger partial charge in [0.1, 0.15) is 0 Å². The van der Waals surface area contributed by atoms with Gasteiger partial charge in [-0.2, -0.15) is 0 Å². The van der Waals surface area contributed by atoms with Crippen molar-refractivity contribution in [2.45, 2.75) is 26.2 Å². The monoisotopic (exact) mass is 259 g/mol. The number of hydrogen-bond donors (Lipinski definition) is 0. The zero-order valence-electron chi connectivity index (χ0n) is 11.9. The van der Waals surface area contributed by atoms with Crippen LogP contribution in [0, 0.1) is 6.58 Å². The molecule has 0 atom stereocenters. The minimum Gasteiger partial charge on any atom is -0.0654 e. The van der Waals surface area contributed by atoms with E-state index in [1.54, 1.807) is 0 Å². The van der Waals surface area contributed by atoms with Gasteiger partial charge in [-0.05, 0) is 57.7 Å². The molecule has 0 bridgehead atoms. The summed E-state index contributed by atoms with van der Waals surface area (Å²) in [7, 11) is 0. The van der Waals surface area contributed by atoms with Crippen molar-refractivity contribution in [1.82, 2.24) is 0 Å². The van der Waals surface area contributed by atoms with Gasteiger partial charge in [-0.25, -0.2) is 0 Å². The second-order valence-electron chi connectivity index (χ2n) is 5.35. The fourth-order valence-electron chi connectivity index (χ4n) is 2.75. The molecular weight excluding hydrogens is 240 g/mol. The number of unbranched alkanes of at least 4 members (excludes halogenated alkanes) is 1. The molecule has 0 saturated carbocycles. The Kier molecular flexibility index (Phi) is 3.56. The lowest BCUT2D eigenvalue weighted by Gasteiger charge is -2.10. The molecule has 0 aliphatic rings. The van der Waals surface area contributed by atoms with E-state index in [0.29, 0.717) is 0 Å². The van der Waals surface area contributed by atoms with E-state index in [1.807, 2.05) is 0 Å². The number of hydrogen-bond acceptors (Lipinski definition) is 0. The summed E-state index contributed by atoms with van der Waals surface area (Å²) < 4.78 is 0. The van der Waals surface area contributed by atoms with Gasteiger partial charge in [-0.1, -0.05) is 62.4 Å². The summed E-state index contributed by atoms with van der Waals surface area (Å²) in [5, 5.41) is 5.08. The molecule has 0 aliphatic carbocycles. The molecule has 0 aliphatic heterocycles. The van der Waals surface area contributed by atoms with Crippen molar-refractivity contribution in [2.24, 2.45) is 0 Å². The molecule has 0 heterocycles. The summed E-state index contributed by atoms with van der Waals surface area (Å²) in [5.41, 5.74) is 2.20. The van der Waals surface area contributed by atoms with E-state index < -0.39 is 0 Å². The quantitative estimate of drug-likeness (QED) is 0.504. The summed E-state index contributed by atoms with van der Waals surface area (Å²) in [6, 6.07) is 19.4. The lowest BCUT2D eigenvalue weighted by molar-refractivity contribution is 0.825. The SMILES string of the molecule is [CH]=C(CCCC)c1cccc2cc3ccccc3cc12. The minimum absolute atomic E-state index is 0.975. The Labute approximate surface area is 120 Å². The van der Waals surface area contributed by atoms with E-state index >= 15 is 0 Å². The fourth-order valence-corrected chi connectivity index (χ4v) is 2.75. The third-order valence-electron chi connectivity index (χ3n) is 3.89. The molecule has 0 nitrogen and oxygen atoms in total. The molecular formula is C20H19. The average molecular weight is 259 g/mol. The maximum atomic E-state index is 6.31. The van der Waals surface area contributed by atoms with E-state index in [4.69, 9.17) is 6.58 Å². The van der Waals surface area contributed by atoms with Crippen LogP contribution in [0.4, 0.5) is 0 Å². The molecule has 0 saturated heterocycles. The number of benzene rings is 3. The Morgan fingerprint density at radius 2 is 1.60 bits per heavy atom. The van der Waals surface area contributed by atoms with Gasteiger partial charge in [0.05, 0.1) is 0 Å². The van der Waals surface area contributed by atoms with Crippen molar-refractivity contribution in [3.8, 4) is 0 Å². The average Bonchev–Trinajstić information content (AvgIpc) is 2.50. The molecule has 20 heavy (non-hydrogen) atoms. The molecule has 0 spiro atoms. The van der Waals surface area contributed by atoms with E-state index in [-0.39, 0.29) is 0 Å². The van der Waals surface area contributed by atoms with Crippen LogP contribution in [0.5, 0.6) is 0 Å². The molecule has 0 fully saturated rings. The van der Waals surface area contributed by atoms with Gasteiger partial charge in [-0.3, -0.25) is 0 Å². The highest BCUT2D eigenvalue weighted by molar-refractivity contribution is 6.02. The largest absolute Gasteiger partial charge is 0.0654 e. The zero-order chi connectivity index (χ0) is 13.9. The Hall–Kier alpha value is -2.08. The second kappa shape index (κ2) is 5.50. The maximum absolute atomic E-state index is 6.31. The third-order valence-corrected chi connectivity index (χ3v) is 3.89. The summed E-state index contributed by atoms with van der Waals surface area (Å²) >= 11 is 0. The van der Waals surface area contributed by atoms with Crippen molar-refractivity contribution in [3.05, 3.63) is 66.7 Å². The standard InChI is InChI=1S/C20H19/c1-3-4-8-15(2)19-12-7-11-18-13-16-9-5-6-10-17(16)14-20(18)19/h2,5-7,9-14H,3-4,8H2,1H3. The number of rotatable bonds is 4. The van der Waals surface area contributed by atoms with Gasteiger partial charge >= 0.3 is 0 Å². The third kappa shape index (κ3) is 2.34. The van der Waals surface area contributed by atoms with Crippen LogP contribution in [-0.2, 0) is 0 Å². The summed E-state index contributed by atoms with van der Waals surface area (Å²) in [5.74, 6) is 0. The van der Waals surface area contributed by atoms with Gasteiger partial charge in [0, 0.05) is 0 Å². The molecule has 3 rings (SSSR count). The van der Waals surface area contributed by atoms with Crippen molar-refractivity contribution < 1.29 is 0 Å². The Bertz CT molecular complexity index is 765. The van der Waals surface area contributed by atoms with Crippen LogP contribution in [-0.4, -0.2) is 0 Å². The highest BCUT2D eigenvalue weighted by Crippen LogP contribution is 2.30. The van der Waals surface area contributed by atoms with Crippen molar-refractivity contribution in [2.75, 3.05) is 0 Å². The van der Waals surface area contributed by atoms with Gasteiger partial charge in [0.15, 0.2) is 0 Å². The maximum Gasteiger partial charge on any atom is -0.0102 e. The minimum atomic E-state index is 0.975. The first-order valence-electron chi connectivity index (χ1n) is 7.33. The summed E-state index contributed by atoms with van der Waals surface area (Å²) in [6.07, 6.45) is 3.30. The van der Waals surface area contributed by atoms with Crippen LogP contribution in [0.25, 0.3) is 27.1 Å². The van der Waals surface area contributed by atoms with Crippen molar-refractivity contribution in [1.29, 1.82) is 0 Å². The summed E-state index contributed by atoms with van der Waals surface area (Å²) in [4.78, 5) is 0. The molecule has 99 valence electrons. The first-order chi connectivity index (χ1) is 9.79. The number of allylic oxidation sites excluding steroid dienone is 1. The molecule has 3 aromatic carbocycles.